The predicted octanol–water partition coefficient (Wildman–Crippen LogP) is 3.19. The van der Waals surface area contributed by atoms with E-state index in [-0.39, 0.29) is 12.5 Å². The van der Waals surface area contributed by atoms with E-state index in [2.05, 4.69) is 15.5 Å². The van der Waals surface area contributed by atoms with Crippen LogP contribution < -0.4 is 5.32 Å². The number of carbonyl (C=O) groups excluding carboxylic acids is 2. The van der Waals surface area contributed by atoms with E-state index in [0.717, 1.165) is 17.0 Å². The second-order valence-corrected chi connectivity index (χ2v) is 7.20. The van der Waals surface area contributed by atoms with Gasteiger partial charge in [0.25, 0.3) is 5.91 Å². The van der Waals surface area contributed by atoms with Gasteiger partial charge in [-0.2, -0.15) is 0 Å². The minimum Gasteiger partial charge on any atom is -0.452 e. The van der Waals surface area contributed by atoms with Gasteiger partial charge < -0.3 is 14.6 Å². The predicted molar refractivity (Wildman–Crippen MR) is 108 cm³/mol. The molecule has 1 N–H and O–H groups in total. The van der Waals surface area contributed by atoms with E-state index in [9.17, 15) is 9.59 Å². The Balaban J connectivity index is 1.46. The van der Waals surface area contributed by atoms with E-state index < -0.39 is 5.97 Å². The third-order valence-corrected chi connectivity index (χ3v) is 4.98. The Morgan fingerprint density at radius 3 is 2.76 bits per heavy atom. The lowest BCUT2D eigenvalue weighted by atomic mass is 10.1. The highest BCUT2D eigenvalue weighted by Gasteiger charge is 2.16. The molecule has 2 heterocycles. The van der Waals surface area contributed by atoms with Gasteiger partial charge in [0.15, 0.2) is 6.61 Å². The standard InChI is InChI=1S/C21H21N3O4S/c1-15-12-17(24-28-15)14-29-20-18(8-5-10-23-20)21(26)27-13-19(25)22-11-9-16-6-3-2-4-7-16/h2-8,10,12H,9,11,13-14H2,1H3,(H,22,25). The number of carbonyl (C=O) groups is 2. The van der Waals surface area contributed by atoms with Gasteiger partial charge in [-0.15, -0.1) is 0 Å². The van der Waals surface area contributed by atoms with E-state index >= 15 is 0 Å². The molecule has 0 unspecified atom stereocenters. The number of aromatic nitrogens is 2. The SMILES string of the molecule is Cc1cc(CSc2ncccc2C(=O)OCC(=O)NCCc2ccccc2)no1. The first kappa shape index (κ1) is 20.6. The van der Waals surface area contributed by atoms with Crippen LogP contribution in [0.15, 0.2) is 64.3 Å². The molecule has 0 atom stereocenters. The molecule has 0 aliphatic heterocycles. The van der Waals surface area contributed by atoms with Crippen molar-refractivity contribution in [2.75, 3.05) is 13.2 Å². The van der Waals surface area contributed by atoms with Crippen LogP contribution in [0, 0.1) is 6.92 Å². The van der Waals surface area contributed by atoms with Crippen molar-refractivity contribution in [1.82, 2.24) is 15.5 Å². The fraction of sp³-hybridized carbons (Fsp3) is 0.238. The summed E-state index contributed by atoms with van der Waals surface area (Å²) < 4.78 is 10.2. The summed E-state index contributed by atoms with van der Waals surface area (Å²) in [4.78, 5) is 28.6. The van der Waals surface area contributed by atoms with Crippen LogP contribution in [0.25, 0.3) is 0 Å². The molecule has 3 aromatic rings. The van der Waals surface area contributed by atoms with E-state index in [0.29, 0.717) is 29.3 Å². The molecular weight excluding hydrogens is 390 g/mol. The first-order valence-electron chi connectivity index (χ1n) is 9.09. The molecule has 0 radical (unpaired) electrons. The minimum absolute atomic E-state index is 0.315. The average molecular weight is 411 g/mol. The number of pyridine rings is 1. The maximum Gasteiger partial charge on any atom is 0.341 e. The zero-order chi connectivity index (χ0) is 20.5. The smallest absolute Gasteiger partial charge is 0.341 e. The maximum atomic E-state index is 12.4. The quantitative estimate of drug-likeness (QED) is 0.427. The number of thioether (sulfide) groups is 1. The summed E-state index contributed by atoms with van der Waals surface area (Å²) in [5.74, 6) is 0.300. The molecule has 2 aromatic heterocycles. The van der Waals surface area contributed by atoms with E-state index in [1.54, 1.807) is 18.3 Å². The van der Waals surface area contributed by atoms with E-state index in [1.807, 2.05) is 43.3 Å². The van der Waals surface area contributed by atoms with Crippen LogP contribution in [0.2, 0.25) is 0 Å². The summed E-state index contributed by atoms with van der Waals surface area (Å²) in [7, 11) is 0. The molecule has 0 spiro atoms. The van der Waals surface area contributed by atoms with Crippen LogP contribution in [-0.4, -0.2) is 35.2 Å². The lowest BCUT2D eigenvalue weighted by molar-refractivity contribution is -0.124. The van der Waals surface area contributed by atoms with E-state index in [4.69, 9.17) is 9.26 Å². The summed E-state index contributed by atoms with van der Waals surface area (Å²) in [5.41, 5.74) is 2.20. The topological polar surface area (TPSA) is 94.3 Å². The lowest BCUT2D eigenvalue weighted by Gasteiger charge is -2.09. The Morgan fingerprint density at radius 1 is 1.17 bits per heavy atom. The summed E-state index contributed by atoms with van der Waals surface area (Å²) in [6.45, 7) is 1.95. The van der Waals surface area contributed by atoms with Crippen molar-refractivity contribution < 1.29 is 18.8 Å². The number of hydrogen-bond donors (Lipinski definition) is 1. The second-order valence-electron chi connectivity index (χ2n) is 6.24. The molecule has 1 amide bonds. The van der Waals surface area contributed by atoms with Crippen molar-refractivity contribution in [3.63, 3.8) is 0 Å². The Kier molecular flexibility index (Phi) is 7.40. The summed E-state index contributed by atoms with van der Waals surface area (Å²) >= 11 is 1.35. The minimum atomic E-state index is -0.588. The van der Waals surface area contributed by atoms with Crippen molar-refractivity contribution in [1.29, 1.82) is 0 Å². The maximum absolute atomic E-state index is 12.4. The van der Waals surface area contributed by atoms with Gasteiger partial charge in [0.05, 0.1) is 11.3 Å². The molecule has 0 fully saturated rings. The second kappa shape index (κ2) is 10.4. The summed E-state index contributed by atoms with van der Waals surface area (Å²) in [6, 6.07) is 14.9. The molecule has 0 aliphatic rings. The number of nitrogens with one attached hydrogen (secondary N) is 1. The van der Waals surface area contributed by atoms with Crippen LogP contribution in [0.3, 0.4) is 0 Å². The largest absolute Gasteiger partial charge is 0.452 e. The van der Waals surface area contributed by atoms with Gasteiger partial charge in [0.1, 0.15) is 10.8 Å². The number of aryl methyl sites for hydroxylation is 1. The highest BCUT2D eigenvalue weighted by Crippen LogP contribution is 2.24. The fourth-order valence-corrected chi connectivity index (χ4v) is 3.40. The fourth-order valence-electron chi connectivity index (χ4n) is 2.54. The molecule has 0 bridgehead atoms. The molecule has 0 saturated heterocycles. The van der Waals surface area contributed by atoms with Gasteiger partial charge in [-0.1, -0.05) is 47.3 Å². The molecule has 150 valence electrons. The first-order chi connectivity index (χ1) is 14.1. The third-order valence-electron chi connectivity index (χ3n) is 3.94. The Labute approximate surface area is 172 Å². The van der Waals surface area contributed by atoms with Gasteiger partial charge in [0.2, 0.25) is 0 Å². The third kappa shape index (κ3) is 6.46. The summed E-state index contributed by atoms with van der Waals surface area (Å²) in [6.07, 6.45) is 2.31. The molecule has 7 nitrogen and oxygen atoms in total. The number of benzene rings is 1. The van der Waals surface area contributed by atoms with Crippen molar-refractivity contribution in [2.45, 2.75) is 24.1 Å². The van der Waals surface area contributed by atoms with Crippen LogP contribution in [0.4, 0.5) is 0 Å². The van der Waals surface area contributed by atoms with Crippen LogP contribution in [0.5, 0.6) is 0 Å². The molecule has 0 aliphatic carbocycles. The molecule has 3 rings (SSSR count). The number of hydrogen-bond acceptors (Lipinski definition) is 7. The number of esters is 1. The molecule has 1 aromatic carbocycles. The monoisotopic (exact) mass is 411 g/mol. The highest BCUT2D eigenvalue weighted by molar-refractivity contribution is 7.98. The van der Waals surface area contributed by atoms with Gasteiger partial charge in [0, 0.05) is 24.6 Å². The normalized spacial score (nSPS) is 10.5. The lowest BCUT2D eigenvalue weighted by Crippen LogP contribution is -2.30. The number of amides is 1. The highest BCUT2D eigenvalue weighted by atomic mass is 32.2. The van der Waals surface area contributed by atoms with Gasteiger partial charge in [-0.25, -0.2) is 9.78 Å². The van der Waals surface area contributed by atoms with E-state index in [1.165, 1.54) is 11.8 Å². The Bertz CT molecular complexity index is 959. The first-order valence-corrected chi connectivity index (χ1v) is 10.1. The molecule has 8 heteroatoms. The molecule has 29 heavy (non-hydrogen) atoms. The van der Waals surface area contributed by atoms with Crippen LogP contribution >= 0.6 is 11.8 Å². The van der Waals surface area contributed by atoms with Crippen LogP contribution in [0.1, 0.15) is 27.4 Å². The zero-order valence-corrected chi connectivity index (χ0v) is 16.8. The van der Waals surface area contributed by atoms with Gasteiger partial charge in [-0.05, 0) is 31.0 Å². The average Bonchev–Trinajstić information content (AvgIpc) is 3.16. The summed E-state index contributed by atoms with van der Waals surface area (Å²) in [5, 5.41) is 7.18. The van der Waals surface area contributed by atoms with Crippen molar-refractivity contribution in [2.24, 2.45) is 0 Å². The number of ether oxygens (including phenoxy) is 1. The van der Waals surface area contributed by atoms with Crippen molar-refractivity contribution in [3.8, 4) is 0 Å². The van der Waals surface area contributed by atoms with Crippen molar-refractivity contribution >= 4 is 23.6 Å². The van der Waals surface area contributed by atoms with Crippen molar-refractivity contribution in [3.05, 3.63) is 77.3 Å². The number of nitrogens with zero attached hydrogens (tertiary/aromatic N) is 2. The Hall–Kier alpha value is -3.13. The zero-order valence-electron chi connectivity index (χ0n) is 16.0. The van der Waals surface area contributed by atoms with Crippen LogP contribution in [-0.2, 0) is 21.7 Å². The molecule has 0 saturated carbocycles. The van der Waals surface area contributed by atoms with Gasteiger partial charge in [-0.3, -0.25) is 4.79 Å². The number of rotatable bonds is 9. The molecular formula is C21H21N3O4S. The van der Waals surface area contributed by atoms with Gasteiger partial charge >= 0.3 is 5.97 Å². The Morgan fingerprint density at radius 2 is 2.00 bits per heavy atom.